The van der Waals surface area contributed by atoms with E-state index in [4.69, 9.17) is 18.9 Å². The number of benzene rings is 1. The Balaban J connectivity index is 1.68. The van der Waals surface area contributed by atoms with Gasteiger partial charge in [-0.3, -0.25) is 4.79 Å². The topological polar surface area (TPSA) is 57.2 Å². The van der Waals surface area contributed by atoms with E-state index in [2.05, 4.69) is 4.90 Å². The van der Waals surface area contributed by atoms with Crippen LogP contribution < -0.4 is 9.47 Å². The highest BCUT2D eigenvalue weighted by Gasteiger charge is 2.20. The van der Waals surface area contributed by atoms with Crippen LogP contribution in [0.2, 0.25) is 0 Å². The summed E-state index contributed by atoms with van der Waals surface area (Å²) in [7, 11) is 3.30. The molecule has 0 amide bonds. The zero-order valence-corrected chi connectivity index (χ0v) is 16.2. The van der Waals surface area contributed by atoms with E-state index < -0.39 is 0 Å². The predicted molar refractivity (Wildman–Crippen MR) is 99.7 cm³/mol. The number of carbonyl (C=O) groups is 1. The Bertz CT molecular complexity index is 555. The molecule has 1 saturated heterocycles. The van der Waals surface area contributed by atoms with E-state index in [1.54, 1.807) is 14.2 Å². The van der Waals surface area contributed by atoms with Crippen LogP contribution in [0.5, 0.6) is 11.5 Å². The number of piperidine rings is 1. The lowest BCUT2D eigenvalue weighted by Crippen LogP contribution is -2.37. The number of esters is 1. The van der Waals surface area contributed by atoms with Crippen LogP contribution in [-0.2, 0) is 20.9 Å². The maximum absolute atomic E-state index is 11.4. The summed E-state index contributed by atoms with van der Waals surface area (Å²) >= 11 is 0. The summed E-state index contributed by atoms with van der Waals surface area (Å²) in [5.41, 5.74) is 1.03. The summed E-state index contributed by atoms with van der Waals surface area (Å²) in [6, 6.07) is 5.79. The molecular weight excluding hydrogens is 334 g/mol. The van der Waals surface area contributed by atoms with E-state index in [0.29, 0.717) is 19.6 Å². The first-order valence-electron chi connectivity index (χ1n) is 9.36. The Morgan fingerprint density at radius 3 is 2.62 bits per heavy atom. The molecule has 0 N–H and O–H groups in total. The lowest BCUT2D eigenvalue weighted by Gasteiger charge is -2.31. The van der Waals surface area contributed by atoms with Crippen LogP contribution in [0.3, 0.4) is 0 Å². The maximum atomic E-state index is 11.4. The lowest BCUT2D eigenvalue weighted by molar-refractivity contribution is -0.143. The molecule has 26 heavy (non-hydrogen) atoms. The molecule has 1 aliphatic rings. The number of carbonyl (C=O) groups excluding carboxylic acids is 1. The van der Waals surface area contributed by atoms with E-state index in [0.717, 1.165) is 56.0 Å². The molecule has 1 aromatic carbocycles. The number of hydrogen-bond donors (Lipinski definition) is 0. The largest absolute Gasteiger partial charge is 0.497 e. The molecule has 1 heterocycles. The molecule has 0 aliphatic carbocycles. The van der Waals surface area contributed by atoms with Gasteiger partial charge in [-0.25, -0.2) is 0 Å². The van der Waals surface area contributed by atoms with Gasteiger partial charge >= 0.3 is 5.97 Å². The van der Waals surface area contributed by atoms with E-state index in [1.807, 2.05) is 25.1 Å². The van der Waals surface area contributed by atoms with Crippen LogP contribution in [0, 0.1) is 0 Å². The van der Waals surface area contributed by atoms with E-state index in [9.17, 15) is 4.79 Å². The molecule has 0 saturated carbocycles. The molecule has 2 rings (SSSR count). The third kappa shape index (κ3) is 6.50. The highest BCUT2D eigenvalue weighted by Crippen LogP contribution is 2.26. The monoisotopic (exact) mass is 365 g/mol. The van der Waals surface area contributed by atoms with Gasteiger partial charge in [0.25, 0.3) is 0 Å². The fourth-order valence-corrected chi connectivity index (χ4v) is 3.16. The third-order valence-electron chi connectivity index (χ3n) is 4.66. The van der Waals surface area contributed by atoms with Crippen LogP contribution >= 0.6 is 0 Å². The molecule has 0 spiro atoms. The molecule has 6 heteroatoms. The molecule has 1 fully saturated rings. The van der Waals surface area contributed by atoms with Gasteiger partial charge in [0.2, 0.25) is 0 Å². The molecule has 146 valence electrons. The van der Waals surface area contributed by atoms with Crippen molar-refractivity contribution in [3.63, 3.8) is 0 Å². The van der Waals surface area contributed by atoms with Crippen LogP contribution in [-0.4, -0.2) is 57.4 Å². The van der Waals surface area contributed by atoms with Crippen molar-refractivity contribution in [1.82, 2.24) is 4.90 Å². The molecular formula is C20H31NO5. The van der Waals surface area contributed by atoms with Crippen LogP contribution in [0.15, 0.2) is 18.2 Å². The van der Waals surface area contributed by atoms with Crippen molar-refractivity contribution < 1.29 is 23.7 Å². The highest BCUT2D eigenvalue weighted by molar-refractivity contribution is 5.69. The second-order valence-electron chi connectivity index (χ2n) is 6.44. The number of ether oxygens (including phenoxy) is 4. The first-order chi connectivity index (χ1) is 12.7. The molecule has 0 radical (unpaired) electrons. The van der Waals surface area contributed by atoms with E-state index in [-0.39, 0.29) is 12.1 Å². The lowest BCUT2D eigenvalue weighted by atomic mass is 10.1. The fraction of sp³-hybridized carbons (Fsp3) is 0.650. The van der Waals surface area contributed by atoms with Crippen molar-refractivity contribution in [2.24, 2.45) is 0 Å². The molecule has 0 bridgehead atoms. The van der Waals surface area contributed by atoms with Crippen molar-refractivity contribution in [1.29, 1.82) is 0 Å². The van der Waals surface area contributed by atoms with Crippen molar-refractivity contribution in [3.05, 3.63) is 23.8 Å². The van der Waals surface area contributed by atoms with Crippen molar-refractivity contribution >= 4 is 5.97 Å². The Labute approximate surface area is 156 Å². The highest BCUT2D eigenvalue weighted by atomic mass is 16.5. The number of rotatable bonds is 10. The first kappa shape index (κ1) is 20.5. The summed E-state index contributed by atoms with van der Waals surface area (Å²) in [6.07, 6.45) is 3.65. The molecule has 0 aromatic heterocycles. The minimum absolute atomic E-state index is 0.0980. The van der Waals surface area contributed by atoms with Crippen LogP contribution in [0.4, 0.5) is 0 Å². The second kappa shape index (κ2) is 11.0. The first-order valence-corrected chi connectivity index (χ1v) is 9.36. The number of methoxy groups -OCH3 is 2. The van der Waals surface area contributed by atoms with Crippen LogP contribution in [0.1, 0.15) is 38.2 Å². The van der Waals surface area contributed by atoms with Gasteiger partial charge in [-0.15, -0.1) is 0 Å². The van der Waals surface area contributed by atoms with Gasteiger partial charge in [-0.2, -0.15) is 0 Å². The SMILES string of the molecule is CCOC(=O)CCCN1CCC(OCc2ccc(OC)cc2OC)CC1. The Morgan fingerprint density at radius 2 is 1.96 bits per heavy atom. The molecule has 1 aromatic rings. The van der Waals surface area contributed by atoms with Crippen molar-refractivity contribution in [2.45, 2.75) is 45.3 Å². The predicted octanol–water partition coefficient (Wildman–Crippen LogP) is 3.03. The Kier molecular flexibility index (Phi) is 8.71. The average Bonchev–Trinajstić information content (AvgIpc) is 2.67. The zero-order valence-electron chi connectivity index (χ0n) is 16.2. The maximum Gasteiger partial charge on any atom is 0.305 e. The van der Waals surface area contributed by atoms with Gasteiger partial charge < -0.3 is 23.8 Å². The molecule has 1 aliphatic heterocycles. The van der Waals surface area contributed by atoms with E-state index in [1.165, 1.54) is 0 Å². The Morgan fingerprint density at radius 1 is 1.19 bits per heavy atom. The van der Waals surface area contributed by atoms with Crippen LogP contribution in [0.25, 0.3) is 0 Å². The fourth-order valence-electron chi connectivity index (χ4n) is 3.16. The summed E-state index contributed by atoms with van der Waals surface area (Å²) in [4.78, 5) is 13.8. The molecule has 0 atom stereocenters. The summed E-state index contributed by atoms with van der Waals surface area (Å²) in [6.45, 7) is 5.80. The number of hydrogen-bond acceptors (Lipinski definition) is 6. The normalized spacial score (nSPS) is 15.7. The van der Waals surface area contributed by atoms with Crippen molar-refractivity contribution in [2.75, 3.05) is 40.5 Å². The van der Waals surface area contributed by atoms with Gasteiger partial charge in [0.05, 0.1) is 33.5 Å². The minimum Gasteiger partial charge on any atom is -0.497 e. The quantitative estimate of drug-likeness (QED) is 0.594. The zero-order chi connectivity index (χ0) is 18.8. The molecule has 6 nitrogen and oxygen atoms in total. The van der Waals surface area contributed by atoms with Gasteiger partial charge in [0, 0.05) is 31.1 Å². The van der Waals surface area contributed by atoms with Crippen molar-refractivity contribution in [3.8, 4) is 11.5 Å². The summed E-state index contributed by atoms with van der Waals surface area (Å²) in [5.74, 6) is 1.47. The minimum atomic E-state index is -0.0980. The van der Waals surface area contributed by atoms with Gasteiger partial charge in [-0.05, 0) is 44.9 Å². The average molecular weight is 365 g/mol. The Hall–Kier alpha value is -1.79. The smallest absolute Gasteiger partial charge is 0.305 e. The molecule has 0 unspecified atom stereocenters. The second-order valence-corrected chi connectivity index (χ2v) is 6.44. The third-order valence-corrected chi connectivity index (χ3v) is 4.66. The van der Waals surface area contributed by atoms with Gasteiger partial charge in [0.15, 0.2) is 0 Å². The van der Waals surface area contributed by atoms with E-state index >= 15 is 0 Å². The standard InChI is InChI=1S/C20H31NO5/c1-4-25-20(22)6-5-11-21-12-9-17(10-13-21)26-15-16-7-8-18(23-2)14-19(16)24-3/h7-8,14,17H,4-6,9-13,15H2,1-3H3. The summed E-state index contributed by atoms with van der Waals surface area (Å²) in [5, 5.41) is 0. The van der Waals surface area contributed by atoms with Gasteiger partial charge in [0.1, 0.15) is 11.5 Å². The summed E-state index contributed by atoms with van der Waals surface area (Å²) < 4.78 is 21.7. The number of likely N-dealkylation sites (tertiary alicyclic amines) is 1. The number of nitrogens with zero attached hydrogens (tertiary/aromatic N) is 1. The van der Waals surface area contributed by atoms with Gasteiger partial charge in [-0.1, -0.05) is 0 Å².